The summed E-state index contributed by atoms with van der Waals surface area (Å²) < 4.78 is 0. The minimum absolute atomic E-state index is 0.421. The molecule has 2 aliphatic carbocycles. The summed E-state index contributed by atoms with van der Waals surface area (Å²) >= 11 is 0. The predicted molar refractivity (Wildman–Crippen MR) is 65.9 cm³/mol. The lowest BCUT2D eigenvalue weighted by Crippen LogP contribution is -2.59. The standard InChI is InChI=1S/C14H27N/c1-10(2)15(6)14(5)12-8-7-11(9-12)13(14,3)4/h10-12H,7-9H2,1-6H3. The van der Waals surface area contributed by atoms with Gasteiger partial charge in [0, 0.05) is 11.6 Å². The fourth-order valence-corrected chi connectivity index (χ4v) is 4.37. The zero-order valence-electron chi connectivity index (χ0n) is 11.3. The first-order valence-corrected chi connectivity index (χ1v) is 6.54. The highest BCUT2D eigenvalue weighted by Gasteiger charge is 2.62. The molecule has 15 heavy (non-hydrogen) atoms. The number of fused-ring (bicyclic) bond motifs is 2. The highest BCUT2D eigenvalue weighted by atomic mass is 15.2. The smallest absolute Gasteiger partial charge is 0.0262 e. The van der Waals surface area contributed by atoms with Crippen molar-refractivity contribution in [1.82, 2.24) is 4.90 Å². The van der Waals surface area contributed by atoms with Gasteiger partial charge in [-0.2, -0.15) is 0 Å². The summed E-state index contributed by atoms with van der Waals surface area (Å²) in [7, 11) is 2.33. The Labute approximate surface area is 95.2 Å². The maximum atomic E-state index is 2.64. The maximum Gasteiger partial charge on any atom is 0.0262 e. The van der Waals surface area contributed by atoms with Crippen molar-refractivity contribution in [2.45, 2.75) is 65.5 Å². The van der Waals surface area contributed by atoms with Gasteiger partial charge >= 0.3 is 0 Å². The van der Waals surface area contributed by atoms with Crippen molar-refractivity contribution in [1.29, 1.82) is 0 Å². The Balaban J connectivity index is 2.34. The van der Waals surface area contributed by atoms with Crippen molar-refractivity contribution < 1.29 is 0 Å². The van der Waals surface area contributed by atoms with E-state index in [0.29, 0.717) is 17.0 Å². The fourth-order valence-electron chi connectivity index (χ4n) is 4.37. The van der Waals surface area contributed by atoms with E-state index in [1.165, 1.54) is 19.3 Å². The van der Waals surface area contributed by atoms with E-state index in [1.807, 2.05) is 0 Å². The van der Waals surface area contributed by atoms with Gasteiger partial charge in [-0.25, -0.2) is 0 Å². The van der Waals surface area contributed by atoms with E-state index in [2.05, 4.69) is 46.6 Å². The van der Waals surface area contributed by atoms with E-state index in [4.69, 9.17) is 0 Å². The monoisotopic (exact) mass is 209 g/mol. The minimum Gasteiger partial charge on any atom is -0.298 e. The lowest BCUT2D eigenvalue weighted by Gasteiger charge is -2.54. The molecule has 0 heterocycles. The molecule has 2 aliphatic rings. The van der Waals surface area contributed by atoms with Gasteiger partial charge in [0.2, 0.25) is 0 Å². The minimum atomic E-state index is 0.421. The number of rotatable bonds is 2. The van der Waals surface area contributed by atoms with Crippen molar-refractivity contribution in [3.05, 3.63) is 0 Å². The third-order valence-corrected chi connectivity index (χ3v) is 6.06. The fraction of sp³-hybridized carbons (Fsp3) is 1.00. The molecule has 3 unspecified atom stereocenters. The predicted octanol–water partition coefficient (Wildman–Crippen LogP) is 3.54. The number of nitrogens with zero attached hydrogens (tertiary/aromatic N) is 1. The Morgan fingerprint density at radius 2 is 1.60 bits per heavy atom. The van der Waals surface area contributed by atoms with Crippen LogP contribution < -0.4 is 0 Å². The van der Waals surface area contributed by atoms with Crippen LogP contribution in [0.25, 0.3) is 0 Å². The summed E-state index contributed by atoms with van der Waals surface area (Å²) in [6.45, 7) is 12.2. The van der Waals surface area contributed by atoms with Gasteiger partial charge in [-0.05, 0) is 64.3 Å². The lowest BCUT2D eigenvalue weighted by atomic mass is 9.63. The second-order valence-corrected chi connectivity index (χ2v) is 6.78. The van der Waals surface area contributed by atoms with Crippen molar-refractivity contribution in [2.24, 2.45) is 17.3 Å². The average Bonchev–Trinajstić information content (AvgIpc) is 2.68. The Bertz CT molecular complexity index is 256. The van der Waals surface area contributed by atoms with Gasteiger partial charge in [-0.15, -0.1) is 0 Å². The van der Waals surface area contributed by atoms with Crippen LogP contribution in [-0.4, -0.2) is 23.5 Å². The summed E-state index contributed by atoms with van der Waals surface area (Å²) in [6, 6.07) is 0.661. The first-order chi connectivity index (χ1) is 6.81. The van der Waals surface area contributed by atoms with Crippen molar-refractivity contribution in [3.8, 4) is 0 Å². The van der Waals surface area contributed by atoms with E-state index in [1.54, 1.807) is 0 Å². The molecule has 88 valence electrons. The largest absolute Gasteiger partial charge is 0.298 e. The summed E-state index contributed by atoms with van der Waals surface area (Å²) in [5.74, 6) is 1.90. The molecule has 2 fully saturated rings. The highest BCUT2D eigenvalue weighted by Crippen LogP contribution is 2.63. The van der Waals surface area contributed by atoms with Crippen molar-refractivity contribution >= 4 is 0 Å². The van der Waals surface area contributed by atoms with Crippen LogP contribution in [0.2, 0.25) is 0 Å². The van der Waals surface area contributed by atoms with Crippen LogP contribution in [0, 0.1) is 17.3 Å². The molecule has 0 radical (unpaired) electrons. The van der Waals surface area contributed by atoms with Gasteiger partial charge in [0.05, 0.1) is 0 Å². The molecule has 0 amide bonds. The van der Waals surface area contributed by atoms with Crippen LogP contribution in [0.3, 0.4) is 0 Å². The topological polar surface area (TPSA) is 3.24 Å². The maximum absolute atomic E-state index is 2.64. The van der Waals surface area contributed by atoms with Gasteiger partial charge in [0.1, 0.15) is 0 Å². The van der Waals surface area contributed by atoms with E-state index in [0.717, 1.165) is 11.8 Å². The number of hydrogen-bond donors (Lipinski definition) is 0. The summed E-state index contributed by atoms with van der Waals surface area (Å²) in [5.41, 5.74) is 0.916. The second kappa shape index (κ2) is 3.23. The molecule has 1 nitrogen and oxygen atoms in total. The zero-order valence-corrected chi connectivity index (χ0v) is 11.3. The van der Waals surface area contributed by atoms with Crippen LogP contribution in [0.5, 0.6) is 0 Å². The highest BCUT2D eigenvalue weighted by molar-refractivity contribution is 5.14. The molecule has 3 atom stereocenters. The molecule has 0 aromatic heterocycles. The lowest BCUT2D eigenvalue weighted by molar-refractivity contribution is -0.0463. The summed E-state index contributed by atoms with van der Waals surface area (Å²) in [6.07, 6.45) is 4.40. The average molecular weight is 209 g/mol. The van der Waals surface area contributed by atoms with Gasteiger partial charge in [0.15, 0.2) is 0 Å². The van der Waals surface area contributed by atoms with Crippen LogP contribution in [0.4, 0.5) is 0 Å². The van der Waals surface area contributed by atoms with E-state index < -0.39 is 0 Å². The van der Waals surface area contributed by atoms with Gasteiger partial charge in [-0.1, -0.05) is 13.8 Å². The normalized spacial score (nSPS) is 43.2. The van der Waals surface area contributed by atoms with Crippen LogP contribution in [0.15, 0.2) is 0 Å². The second-order valence-electron chi connectivity index (χ2n) is 6.78. The molecule has 2 saturated carbocycles. The Morgan fingerprint density at radius 3 is 2.00 bits per heavy atom. The van der Waals surface area contributed by atoms with Crippen LogP contribution in [-0.2, 0) is 0 Å². The van der Waals surface area contributed by atoms with Gasteiger partial charge in [-0.3, -0.25) is 4.90 Å². The van der Waals surface area contributed by atoms with E-state index in [9.17, 15) is 0 Å². The number of hydrogen-bond acceptors (Lipinski definition) is 1. The Morgan fingerprint density at radius 1 is 1.07 bits per heavy atom. The first-order valence-electron chi connectivity index (χ1n) is 6.54. The summed E-state index contributed by atoms with van der Waals surface area (Å²) in [5, 5.41) is 0. The Kier molecular flexibility index (Phi) is 2.46. The molecular formula is C14H27N. The zero-order chi connectivity index (χ0) is 11.4. The summed E-state index contributed by atoms with van der Waals surface area (Å²) in [4.78, 5) is 2.64. The third kappa shape index (κ3) is 1.25. The van der Waals surface area contributed by atoms with E-state index in [-0.39, 0.29) is 0 Å². The molecule has 2 bridgehead atoms. The molecule has 0 N–H and O–H groups in total. The quantitative estimate of drug-likeness (QED) is 0.672. The third-order valence-electron chi connectivity index (χ3n) is 6.06. The molecule has 0 aromatic carbocycles. The van der Waals surface area contributed by atoms with Crippen molar-refractivity contribution in [3.63, 3.8) is 0 Å². The van der Waals surface area contributed by atoms with Gasteiger partial charge < -0.3 is 0 Å². The Hall–Kier alpha value is -0.0400. The molecule has 1 heteroatoms. The first kappa shape index (κ1) is 11.4. The molecule has 0 aromatic rings. The molecule has 0 spiro atoms. The molecule has 0 saturated heterocycles. The molecule has 2 rings (SSSR count). The van der Waals surface area contributed by atoms with Crippen LogP contribution >= 0.6 is 0 Å². The van der Waals surface area contributed by atoms with Gasteiger partial charge in [0.25, 0.3) is 0 Å². The van der Waals surface area contributed by atoms with Crippen molar-refractivity contribution in [2.75, 3.05) is 7.05 Å². The van der Waals surface area contributed by atoms with E-state index >= 15 is 0 Å². The molecule has 0 aliphatic heterocycles. The van der Waals surface area contributed by atoms with Crippen LogP contribution in [0.1, 0.15) is 53.9 Å². The SMILES string of the molecule is CC(C)N(C)C1(C)C2CCC(C2)C1(C)C. The molecular weight excluding hydrogens is 182 g/mol.